The highest BCUT2D eigenvalue weighted by Gasteiger charge is 2.28. The molecular formula is C16H19N5O2S. The first-order valence-electron chi connectivity index (χ1n) is 7.80. The Labute approximate surface area is 141 Å². The zero-order valence-electron chi connectivity index (χ0n) is 13.2. The third kappa shape index (κ3) is 3.64. The highest BCUT2D eigenvalue weighted by atomic mass is 32.2. The first-order chi connectivity index (χ1) is 11.6. The lowest BCUT2D eigenvalue weighted by atomic mass is 10.2. The van der Waals surface area contributed by atoms with Crippen LogP contribution in [0, 0.1) is 11.3 Å². The van der Waals surface area contributed by atoms with Crippen LogP contribution in [0.1, 0.15) is 5.56 Å². The second kappa shape index (κ2) is 7.13. The number of piperazine rings is 1. The molecule has 0 radical (unpaired) electrons. The van der Waals surface area contributed by atoms with Crippen molar-refractivity contribution in [3.05, 3.63) is 48.3 Å². The number of nitrogens with zero attached hydrogens (tertiary/aromatic N) is 5. The summed E-state index contributed by atoms with van der Waals surface area (Å²) in [5, 5.41) is 13.0. The molecule has 3 rings (SSSR count). The monoisotopic (exact) mass is 345 g/mol. The fraction of sp³-hybridized carbons (Fsp3) is 0.375. The summed E-state index contributed by atoms with van der Waals surface area (Å²) >= 11 is 0. The van der Waals surface area contributed by atoms with E-state index in [1.54, 1.807) is 6.20 Å². The van der Waals surface area contributed by atoms with Gasteiger partial charge in [-0.25, -0.2) is 8.42 Å². The summed E-state index contributed by atoms with van der Waals surface area (Å²) in [6.07, 6.45) is 3.67. The van der Waals surface area contributed by atoms with Crippen LogP contribution in [0.4, 0.5) is 0 Å². The molecule has 1 aromatic carbocycles. The molecule has 126 valence electrons. The van der Waals surface area contributed by atoms with E-state index >= 15 is 0 Å². The van der Waals surface area contributed by atoms with Crippen molar-refractivity contribution in [1.82, 2.24) is 19.0 Å². The number of hydrogen-bond acceptors (Lipinski definition) is 5. The second-order valence-corrected chi connectivity index (χ2v) is 7.59. The van der Waals surface area contributed by atoms with Crippen LogP contribution in [0.15, 0.2) is 47.6 Å². The van der Waals surface area contributed by atoms with Crippen molar-refractivity contribution < 1.29 is 8.42 Å². The summed E-state index contributed by atoms with van der Waals surface area (Å²) < 4.78 is 28.7. The number of rotatable bonds is 5. The molecule has 2 heterocycles. The van der Waals surface area contributed by atoms with Crippen LogP contribution in [-0.2, 0) is 16.6 Å². The van der Waals surface area contributed by atoms with Gasteiger partial charge < -0.3 is 0 Å². The van der Waals surface area contributed by atoms with Gasteiger partial charge in [0.05, 0.1) is 23.1 Å². The predicted molar refractivity (Wildman–Crippen MR) is 88.6 cm³/mol. The van der Waals surface area contributed by atoms with Crippen molar-refractivity contribution in [2.75, 3.05) is 32.7 Å². The molecule has 7 nitrogen and oxygen atoms in total. The second-order valence-electron chi connectivity index (χ2n) is 5.65. The molecule has 0 unspecified atom stereocenters. The largest absolute Gasteiger partial charge is 0.299 e. The normalized spacial score (nSPS) is 16.8. The molecule has 1 aromatic heterocycles. The molecule has 0 aliphatic carbocycles. The number of hydrogen-bond donors (Lipinski definition) is 0. The highest BCUT2D eigenvalue weighted by molar-refractivity contribution is 7.89. The van der Waals surface area contributed by atoms with Crippen LogP contribution in [0.3, 0.4) is 0 Å². The molecular weight excluding hydrogens is 326 g/mol. The van der Waals surface area contributed by atoms with Gasteiger partial charge in [0.1, 0.15) is 0 Å². The fourth-order valence-electron chi connectivity index (χ4n) is 2.72. The average molecular weight is 345 g/mol. The van der Waals surface area contributed by atoms with Crippen LogP contribution in [0.2, 0.25) is 0 Å². The van der Waals surface area contributed by atoms with Crippen LogP contribution in [0.25, 0.3) is 0 Å². The molecule has 24 heavy (non-hydrogen) atoms. The fourth-order valence-corrected chi connectivity index (χ4v) is 4.14. The number of nitriles is 1. The Morgan fingerprint density at radius 3 is 2.38 bits per heavy atom. The van der Waals surface area contributed by atoms with Gasteiger partial charge in [-0.2, -0.15) is 14.7 Å². The van der Waals surface area contributed by atoms with Crippen LogP contribution >= 0.6 is 0 Å². The van der Waals surface area contributed by atoms with Gasteiger partial charge in [0.2, 0.25) is 10.0 Å². The van der Waals surface area contributed by atoms with Crippen LogP contribution < -0.4 is 0 Å². The summed E-state index contributed by atoms with van der Waals surface area (Å²) in [5.74, 6) is 0. The van der Waals surface area contributed by atoms with E-state index in [2.05, 4.69) is 10.00 Å². The lowest BCUT2D eigenvalue weighted by Crippen LogP contribution is -2.49. The van der Waals surface area contributed by atoms with E-state index in [1.165, 1.54) is 28.6 Å². The first-order valence-corrected chi connectivity index (χ1v) is 9.24. The molecule has 1 fully saturated rings. The van der Waals surface area contributed by atoms with Crippen molar-refractivity contribution in [3.8, 4) is 6.07 Å². The molecule has 0 spiro atoms. The molecule has 0 N–H and O–H groups in total. The molecule has 0 amide bonds. The smallest absolute Gasteiger partial charge is 0.243 e. The standard InChI is InChI=1S/C16H19N5O2S/c17-14-15-2-4-16(5-3-15)24(22,23)21-12-9-19(10-13-21)8-11-20-7-1-6-18-20/h1-7H,8-13H2. The maximum Gasteiger partial charge on any atom is 0.243 e. The van der Waals surface area contributed by atoms with E-state index in [0.29, 0.717) is 31.7 Å². The highest BCUT2D eigenvalue weighted by Crippen LogP contribution is 2.18. The molecule has 0 bridgehead atoms. The van der Waals surface area contributed by atoms with Crippen molar-refractivity contribution in [2.24, 2.45) is 0 Å². The van der Waals surface area contributed by atoms with Gasteiger partial charge in [0.15, 0.2) is 0 Å². The van der Waals surface area contributed by atoms with Gasteiger partial charge in [-0.05, 0) is 30.3 Å². The van der Waals surface area contributed by atoms with Crippen molar-refractivity contribution in [2.45, 2.75) is 11.4 Å². The minimum absolute atomic E-state index is 0.242. The Hall–Kier alpha value is -2.21. The lowest BCUT2D eigenvalue weighted by Gasteiger charge is -2.33. The molecule has 8 heteroatoms. The topological polar surface area (TPSA) is 82.2 Å². The summed E-state index contributed by atoms with van der Waals surface area (Å²) in [6.45, 7) is 4.01. The van der Waals surface area contributed by atoms with Crippen molar-refractivity contribution in [3.63, 3.8) is 0 Å². The van der Waals surface area contributed by atoms with Gasteiger partial charge >= 0.3 is 0 Å². The minimum atomic E-state index is -3.49. The predicted octanol–water partition coefficient (Wildman–Crippen LogP) is 0.761. The molecule has 0 atom stereocenters. The van der Waals surface area contributed by atoms with Crippen LogP contribution in [-0.4, -0.2) is 60.1 Å². The summed E-state index contributed by atoms with van der Waals surface area (Å²) in [6, 6.07) is 9.95. The summed E-state index contributed by atoms with van der Waals surface area (Å²) in [7, 11) is -3.49. The quantitative estimate of drug-likeness (QED) is 0.799. The van der Waals surface area contributed by atoms with E-state index in [-0.39, 0.29) is 4.90 Å². The maximum atomic E-state index is 12.6. The van der Waals surface area contributed by atoms with E-state index < -0.39 is 10.0 Å². The van der Waals surface area contributed by atoms with Gasteiger partial charge in [0.25, 0.3) is 0 Å². The third-order valence-corrected chi connectivity index (χ3v) is 6.07. The Bertz CT molecular complexity index is 801. The van der Waals surface area contributed by atoms with E-state index in [1.807, 2.05) is 23.0 Å². The zero-order valence-corrected chi connectivity index (χ0v) is 14.1. The van der Waals surface area contributed by atoms with E-state index in [4.69, 9.17) is 5.26 Å². The van der Waals surface area contributed by atoms with Gasteiger partial charge in [0, 0.05) is 45.1 Å². The van der Waals surface area contributed by atoms with Gasteiger partial charge in [-0.15, -0.1) is 0 Å². The van der Waals surface area contributed by atoms with Gasteiger partial charge in [-0.3, -0.25) is 9.58 Å². The first kappa shape index (κ1) is 16.6. The number of benzene rings is 1. The lowest BCUT2D eigenvalue weighted by molar-refractivity contribution is 0.181. The zero-order chi connectivity index (χ0) is 17.0. The molecule has 1 saturated heterocycles. The molecule has 2 aromatic rings. The number of aromatic nitrogens is 2. The molecule has 0 saturated carbocycles. The SMILES string of the molecule is N#Cc1ccc(S(=O)(=O)N2CCN(CCn3cccn3)CC2)cc1. The van der Waals surface area contributed by atoms with E-state index in [9.17, 15) is 8.42 Å². The van der Waals surface area contributed by atoms with Gasteiger partial charge in [-0.1, -0.05) is 0 Å². The number of sulfonamides is 1. The van der Waals surface area contributed by atoms with Crippen molar-refractivity contribution >= 4 is 10.0 Å². The maximum absolute atomic E-state index is 12.6. The average Bonchev–Trinajstić information content (AvgIpc) is 3.14. The molecule has 1 aliphatic heterocycles. The Balaban J connectivity index is 1.57. The molecule has 1 aliphatic rings. The summed E-state index contributed by atoms with van der Waals surface area (Å²) in [5.41, 5.74) is 0.456. The minimum Gasteiger partial charge on any atom is -0.299 e. The Kier molecular flexibility index (Phi) is 4.94. The van der Waals surface area contributed by atoms with E-state index in [0.717, 1.165) is 13.1 Å². The van der Waals surface area contributed by atoms with Crippen LogP contribution in [0.5, 0.6) is 0 Å². The third-order valence-electron chi connectivity index (χ3n) is 4.16. The van der Waals surface area contributed by atoms with Crippen molar-refractivity contribution in [1.29, 1.82) is 5.26 Å². The summed E-state index contributed by atoms with van der Waals surface area (Å²) in [4.78, 5) is 2.48. The Morgan fingerprint density at radius 2 is 1.79 bits per heavy atom. The Morgan fingerprint density at radius 1 is 1.08 bits per heavy atom.